The highest BCUT2D eigenvalue weighted by molar-refractivity contribution is 6.34. The quantitative estimate of drug-likeness (QED) is 0.514. The minimum absolute atomic E-state index is 0.160. The van der Waals surface area contributed by atoms with Crippen molar-refractivity contribution >= 4 is 34.2 Å². The SMILES string of the molecule is O=C(Cn1cnc2c(cnn2-c2ccccc2)c1=O)Nc1c(Cl)cccc1C(F)(F)F. The standard InChI is InChI=1S/C20H13ClF3N5O2/c21-15-8-4-7-14(20(22,23)24)17(15)27-16(30)10-28-11-25-18-13(19(28)31)9-26-29(18)12-5-2-1-3-6-12/h1-9,11H,10H2,(H,27,30). The average molecular weight is 448 g/mol. The molecule has 2 aromatic heterocycles. The molecule has 0 bridgehead atoms. The summed E-state index contributed by atoms with van der Waals surface area (Å²) < 4.78 is 42.1. The first-order chi connectivity index (χ1) is 14.8. The number of alkyl halides is 3. The van der Waals surface area contributed by atoms with Gasteiger partial charge >= 0.3 is 6.18 Å². The summed E-state index contributed by atoms with van der Waals surface area (Å²) in [5, 5.41) is 6.19. The number of benzene rings is 2. The number of carbonyl (C=O) groups excluding carboxylic acids is 1. The maximum atomic E-state index is 13.2. The van der Waals surface area contributed by atoms with Gasteiger partial charge in [0.2, 0.25) is 5.91 Å². The first kappa shape index (κ1) is 20.6. The van der Waals surface area contributed by atoms with Gasteiger partial charge in [0.15, 0.2) is 5.65 Å². The van der Waals surface area contributed by atoms with E-state index in [4.69, 9.17) is 11.6 Å². The number of nitrogens with one attached hydrogen (secondary N) is 1. The molecule has 2 aromatic carbocycles. The molecule has 0 aliphatic heterocycles. The number of hydrogen-bond donors (Lipinski definition) is 1. The molecule has 1 N–H and O–H groups in total. The fraction of sp³-hybridized carbons (Fsp3) is 0.100. The zero-order chi connectivity index (χ0) is 22.2. The highest BCUT2D eigenvalue weighted by Crippen LogP contribution is 2.38. The van der Waals surface area contributed by atoms with E-state index in [0.717, 1.165) is 23.0 Å². The molecule has 158 valence electrons. The molecule has 11 heteroatoms. The molecule has 0 spiro atoms. The van der Waals surface area contributed by atoms with Crippen molar-refractivity contribution in [2.24, 2.45) is 0 Å². The normalized spacial score (nSPS) is 11.6. The van der Waals surface area contributed by atoms with Crippen molar-refractivity contribution in [2.45, 2.75) is 12.7 Å². The van der Waals surface area contributed by atoms with Crippen molar-refractivity contribution in [1.29, 1.82) is 0 Å². The number of para-hydroxylation sites is 2. The number of carbonyl (C=O) groups is 1. The molecule has 4 aromatic rings. The van der Waals surface area contributed by atoms with Crippen LogP contribution in [0.15, 0.2) is 65.8 Å². The molecule has 1 amide bonds. The lowest BCUT2D eigenvalue weighted by Gasteiger charge is -2.15. The maximum Gasteiger partial charge on any atom is 0.418 e. The molecule has 4 rings (SSSR count). The molecule has 0 saturated carbocycles. The van der Waals surface area contributed by atoms with Gasteiger partial charge in [-0.15, -0.1) is 0 Å². The highest BCUT2D eigenvalue weighted by atomic mass is 35.5. The molecule has 0 fully saturated rings. The molecule has 0 radical (unpaired) electrons. The molecule has 0 atom stereocenters. The molecule has 0 unspecified atom stereocenters. The third-order valence-electron chi connectivity index (χ3n) is 4.45. The van der Waals surface area contributed by atoms with Crippen LogP contribution in [0.4, 0.5) is 18.9 Å². The number of rotatable bonds is 4. The number of anilines is 1. The Hall–Kier alpha value is -3.66. The van der Waals surface area contributed by atoms with Gasteiger partial charge in [0, 0.05) is 0 Å². The van der Waals surface area contributed by atoms with Gasteiger partial charge in [0.25, 0.3) is 5.56 Å². The van der Waals surface area contributed by atoms with E-state index in [1.54, 1.807) is 24.3 Å². The van der Waals surface area contributed by atoms with Gasteiger partial charge < -0.3 is 5.32 Å². The summed E-state index contributed by atoms with van der Waals surface area (Å²) in [6.45, 7) is -0.555. The minimum Gasteiger partial charge on any atom is -0.323 e. The van der Waals surface area contributed by atoms with E-state index in [2.05, 4.69) is 15.4 Å². The monoisotopic (exact) mass is 447 g/mol. The summed E-state index contributed by atoms with van der Waals surface area (Å²) in [7, 11) is 0. The Kier molecular flexibility index (Phi) is 5.24. The second-order valence-electron chi connectivity index (χ2n) is 6.52. The van der Waals surface area contributed by atoms with Crippen LogP contribution >= 0.6 is 11.6 Å². The smallest absolute Gasteiger partial charge is 0.323 e. The predicted octanol–water partition coefficient (Wildman–Crippen LogP) is 3.89. The summed E-state index contributed by atoms with van der Waals surface area (Å²) in [5.74, 6) is -0.864. The third kappa shape index (κ3) is 4.02. The molecule has 31 heavy (non-hydrogen) atoms. The first-order valence-corrected chi connectivity index (χ1v) is 9.27. The van der Waals surface area contributed by atoms with Crippen LogP contribution in [0.5, 0.6) is 0 Å². The number of nitrogens with zero attached hydrogens (tertiary/aromatic N) is 4. The van der Waals surface area contributed by atoms with Gasteiger partial charge in [-0.25, -0.2) is 9.67 Å². The van der Waals surface area contributed by atoms with E-state index >= 15 is 0 Å². The number of aromatic nitrogens is 4. The lowest BCUT2D eigenvalue weighted by Crippen LogP contribution is -2.28. The van der Waals surface area contributed by atoms with Crippen molar-refractivity contribution in [3.8, 4) is 5.69 Å². The second kappa shape index (κ2) is 7.88. The predicted molar refractivity (Wildman–Crippen MR) is 108 cm³/mol. The van der Waals surface area contributed by atoms with Gasteiger partial charge in [-0.05, 0) is 24.3 Å². The number of fused-ring (bicyclic) bond motifs is 1. The Labute approximate surface area is 177 Å². The lowest BCUT2D eigenvalue weighted by molar-refractivity contribution is -0.137. The minimum atomic E-state index is -4.71. The van der Waals surface area contributed by atoms with Crippen molar-refractivity contribution in [2.75, 3.05) is 5.32 Å². The van der Waals surface area contributed by atoms with Crippen LogP contribution in [0.2, 0.25) is 5.02 Å². The van der Waals surface area contributed by atoms with Crippen LogP contribution in [0.1, 0.15) is 5.56 Å². The van der Waals surface area contributed by atoms with E-state index < -0.39 is 35.4 Å². The zero-order valence-corrected chi connectivity index (χ0v) is 16.4. The van der Waals surface area contributed by atoms with Crippen LogP contribution in [-0.4, -0.2) is 25.2 Å². The molecule has 0 aliphatic carbocycles. The van der Waals surface area contributed by atoms with E-state index in [0.29, 0.717) is 11.3 Å². The Morgan fingerprint density at radius 2 is 1.84 bits per heavy atom. The Morgan fingerprint density at radius 3 is 2.55 bits per heavy atom. The van der Waals surface area contributed by atoms with Crippen LogP contribution in [-0.2, 0) is 17.5 Å². The Balaban J connectivity index is 1.63. The van der Waals surface area contributed by atoms with E-state index in [-0.39, 0.29) is 10.4 Å². The van der Waals surface area contributed by atoms with E-state index in [1.165, 1.54) is 16.9 Å². The molecular formula is C20H13ClF3N5O2. The largest absolute Gasteiger partial charge is 0.418 e. The second-order valence-corrected chi connectivity index (χ2v) is 6.92. The van der Waals surface area contributed by atoms with Crippen molar-refractivity contribution < 1.29 is 18.0 Å². The van der Waals surface area contributed by atoms with Crippen molar-refractivity contribution in [3.63, 3.8) is 0 Å². The number of amides is 1. The molecular weight excluding hydrogens is 435 g/mol. The summed E-state index contributed by atoms with van der Waals surface area (Å²) in [6.07, 6.45) is -2.25. The highest BCUT2D eigenvalue weighted by Gasteiger charge is 2.34. The maximum absolute atomic E-state index is 13.2. The van der Waals surface area contributed by atoms with Gasteiger partial charge in [-0.2, -0.15) is 18.3 Å². The fourth-order valence-electron chi connectivity index (χ4n) is 3.04. The molecule has 0 aliphatic rings. The third-order valence-corrected chi connectivity index (χ3v) is 4.77. The zero-order valence-electron chi connectivity index (χ0n) is 15.6. The summed E-state index contributed by atoms with van der Waals surface area (Å²) in [5.41, 5.74) is -1.23. The number of hydrogen-bond acceptors (Lipinski definition) is 4. The average Bonchev–Trinajstić information content (AvgIpc) is 3.16. The summed E-state index contributed by atoms with van der Waals surface area (Å²) in [6, 6.07) is 12.2. The van der Waals surface area contributed by atoms with Crippen LogP contribution in [0, 0.1) is 0 Å². The van der Waals surface area contributed by atoms with E-state index in [9.17, 15) is 22.8 Å². The van der Waals surface area contributed by atoms with Crippen molar-refractivity contribution in [1.82, 2.24) is 19.3 Å². The number of halogens is 4. The van der Waals surface area contributed by atoms with Crippen LogP contribution in [0.25, 0.3) is 16.7 Å². The van der Waals surface area contributed by atoms with Gasteiger partial charge in [-0.3, -0.25) is 14.2 Å². The fourth-order valence-corrected chi connectivity index (χ4v) is 3.26. The summed E-state index contributed by atoms with van der Waals surface area (Å²) in [4.78, 5) is 29.3. The Bertz CT molecular complexity index is 1330. The van der Waals surface area contributed by atoms with Gasteiger partial charge in [0.1, 0.15) is 18.3 Å². The van der Waals surface area contributed by atoms with E-state index in [1.807, 2.05) is 6.07 Å². The molecule has 7 nitrogen and oxygen atoms in total. The Morgan fingerprint density at radius 1 is 1.10 bits per heavy atom. The topological polar surface area (TPSA) is 81.8 Å². The lowest BCUT2D eigenvalue weighted by atomic mass is 10.1. The molecule has 0 saturated heterocycles. The molecule has 2 heterocycles. The van der Waals surface area contributed by atoms with Crippen LogP contribution < -0.4 is 10.9 Å². The summed E-state index contributed by atoms with van der Waals surface area (Å²) >= 11 is 5.85. The van der Waals surface area contributed by atoms with Crippen LogP contribution in [0.3, 0.4) is 0 Å². The van der Waals surface area contributed by atoms with Gasteiger partial charge in [-0.1, -0.05) is 35.9 Å². The first-order valence-electron chi connectivity index (χ1n) is 8.90. The van der Waals surface area contributed by atoms with Gasteiger partial charge in [0.05, 0.1) is 28.2 Å². The van der Waals surface area contributed by atoms with Crippen molar-refractivity contribution in [3.05, 3.63) is 82.0 Å².